The van der Waals surface area contributed by atoms with Crippen LogP contribution in [0, 0.1) is 10.1 Å². The first-order valence-corrected chi connectivity index (χ1v) is 8.18. The number of phenols is 1. The zero-order valence-corrected chi connectivity index (χ0v) is 15.2. The highest BCUT2D eigenvalue weighted by Crippen LogP contribution is 2.32. The second kappa shape index (κ2) is 8.02. The van der Waals surface area contributed by atoms with Gasteiger partial charge >= 0.3 is 5.69 Å². The van der Waals surface area contributed by atoms with E-state index in [0.29, 0.717) is 4.47 Å². The molecule has 24 heavy (non-hydrogen) atoms. The average Bonchev–Trinajstić information content (AvgIpc) is 2.52. The summed E-state index contributed by atoms with van der Waals surface area (Å²) in [6, 6.07) is 9.88. The van der Waals surface area contributed by atoms with Gasteiger partial charge in [-0.25, -0.2) is 5.43 Å². The van der Waals surface area contributed by atoms with Gasteiger partial charge in [0.1, 0.15) is 0 Å². The van der Waals surface area contributed by atoms with E-state index in [9.17, 15) is 20.0 Å². The van der Waals surface area contributed by atoms with Gasteiger partial charge in [-0.15, -0.1) is 0 Å². The van der Waals surface area contributed by atoms with Crippen LogP contribution < -0.4 is 5.43 Å². The molecule has 0 aliphatic rings. The molecule has 0 bridgehead atoms. The molecular formula is C15H11Br2N3O4. The van der Waals surface area contributed by atoms with E-state index in [0.717, 1.165) is 16.3 Å². The van der Waals surface area contributed by atoms with Crippen molar-refractivity contribution in [3.8, 4) is 5.75 Å². The third-order valence-corrected chi connectivity index (χ3v) is 3.94. The van der Waals surface area contributed by atoms with Gasteiger partial charge in [-0.2, -0.15) is 5.10 Å². The molecule has 0 saturated carbocycles. The van der Waals surface area contributed by atoms with Crippen LogP contribution >= 0.6 is 31.9 Å². The summed E-state index contributed by atoms with van der Waals surface area (Å²) in [6.07, 6.45) is 1.28. The zero-order valence-electron chi connectivity index (χ0n) is 12.1. The van der Waals surface area contributed by atoms with Crippen molar-refractivity contribution in [2.45, 2.75) is 6.42 Å². The van der Waals surface area contributed by atoms with Crippen molar-refractivity contribution < 1.29 is 14.8 Å². The number of hydrazone groups is 1. The number of phenolic OH excluding ortho intramolecular Hbond substituents is 1. The van der Waals surface area contributed by atoms with Crippen molar-refractivity contribution in [2.24, 2.45) is 5.10 Å². The minimum atomic E-state index is -0.705. The predicted molar refractivity (Wildman–Crippen MR) is 96.0 cm³/mol. The molecule has 2 aromatic carbocycles. The summed E-state index contributed by atoms with van der Waals surface area (Å²) in [6.45, 7) is 0. The zero-order chi connectivity index (χ0) is 17.7. The van der Waals surface area contributed by atoms with E-state index >= 15 is 0 Å². The second-order valence-electron chi connectivity index (χ2n) is 4.72. The summed E-state index contributed by atoms with van der Waals surface area (Å²) < 4.78 is 1.33. The van der Waals surface area contributed by atoms with Crippen molar-refractivity contribution in [1.82, 2.24) is 5.43 Å². The van der Waals surface area contributed by atoms with Crippen LogP contribution in [0.1, 0.15) is 11.1 Å². The monoisotopic (exact) mass is 455 g/mol. The Kier molecular flexibility index (Phi) is 6.04. The molecule has 9 heteroatoms. The molecule has 0 radical (unpaired) electrons. The summed E-state index contributed by atoms with van der Waals surface area (Å²) in [7, 11) is 0. The Morgan fingerprint density at radius 1 is 1.25 bits per heavy atom. The Labute approximate surface area is 153 Å². The highest BCUT2D eigenvalue weighted by Gasteiger charge is 2.17. The van der Waals surface area contributed by atoms with Crippen molar-refractivity contribution in [3.63, 3.8) is 0 Å². The smallest absolute Gasteiger partial charge is 0.312 e. The summed E-state index contributed by atoms with van der Waals surface area (Å²) in [5.41, 5.74) is 2.78. The lowest BCUT2D eigenvalue weighted by Gasteiger charge is -2.03. The topological polar surface area (TPSA) is 105 Å². The third kappa shape index (κ3) is 4.87. The number of nitrogens with one attached hydrogen (secondary N) is 1. The van der Waals surface area contributed by atoms with Gasteiger partial charge in [0.15, 0.2) is 0 Å². The van der Waals surface area contributed by atoms with Gasteiger partial charge in [0, 0.05) is 20.6 Å². The fraction of sp³-hybridized carbons (Fsp3) is 0.0667. The molecule has 2 N–H and O–H groups in total. The molecule has 0 aromatic heterocycles. The van der Waals surface area contributed by atoms with Gasteiger partial charge < -0.3 is 5.11 Å². The molecule has 2 aromatic rings. The van der Waals surface area contributed by atoms with Crippen LogP contribution in [-0.4, -0.2) is 22.2 Å². The molecule has 0 aliphatic heterocycles. The number of nitrogens with zero attached hydrogens (tertiary/aromatic N) is 2. The SMILES string of the molecule is O=C(Cc1ccc(Br)cc1)NN=Cc1cc(Br)cc([N+](=O)[O-])c1O. The Balaban J connectivity index is 2.05. The first kappa shape index (κ1) is 18.1. The van der Waals surface area contributed by atoms with Crippen molar-refractivity contribution in [1.29, 1.82) is 0 Å². The van der Waals surface area contributed by atoms with E-state index in [1.165, 1.54) is 12.1 Å². The van der Waals surface area contributed by atoms with Crippen molar-refractivity contribution >= 4 is 49.7 Å². The molecule has 0 heterocycles. The quantitative estimate of drug-likeness (QED) is 0.408. The standard InChI is InChI=1S/C15H11Br2N3O4/c16-11-3-1-9(2-4-11)5-14(21)19-18-8-10-6-12(17)7-13(15(10)22)20(23)24/h1-4,6-8,22H,5H2,(H,19,21). The summed E-state index contributed by atoms with van der Waals surface area (Å²) in [4.78, 5) is 21.9. The van der Waals surface area contributed by atoms with Gasteiger partial charge in [-0.1, -0.05) is 44.0 Å². The van der Waals surface area contributed by atoms with Crippen LogP contribution in [0.5, 0.6) is 5.75 Å². The number of carbonyl (C=O) groups is 1. The molecule has 124 valence electrons. The van der Waals surface area contributed by atoms with Gasteiger partial charge in [-0.3, -0.25) is 14.9 Å². The number of benzene rings is 2. The van der Waals surface area contributed by atoms with Crippen LogP contribution in [-0.2, 0) is 11.2 Å². The molecule has 0 unspecified atom stereocenters. The molecule has 2 rings (SSSR count). The fourth-order valence-corrected chi connectivity index (χ4v) is 2.57. The number of rotatable bonds is 5. The van der Waals surface area contributed by atoms with Crippen LogP contribution in [0.2, 0.25) is 0 Å². The van der Waals surface area contributed by atoms with Crippen molar-refractivity contribution in [2.75, 3.05) is 0 Å². The Morgan fingerprint density at radius 3 is 2.54 bits per heavy atom. The Morgan fingerprint density at radius 2 is 1.92 bits per heavy atom. The lowest BCUT2D eigenvalue weighted by Crippen LogP contribution is -2.19. The number of aromatic hydroxyl groups is 1. The predicted octanol–water partition coefficient (Wildman–Crippen LogP) is 3.52. The third-order valence-electron chi connectivity index (χ3n) is 2.95. The maximum Gasteiger partial charge on any atom is 0.312 e. The molecule has 0 saturated heterocycles. The minimum Gasteiger partial charge on any atom is -0.502 e. The lowest BCUT2D eigenvalue weighted by atomic mass is 10.1. The van der Waals surface area contributed by atoms with E-state index in [-0.39, 0.29) is 17.9 Å². The number of hydrogen-bond donors (Lipinski definition) is 2. The highest BCUT2D eigenvalue weighted by molar-refractivity contribution is 9.10. The summed E-state index contributed by atoms with van der Waals surface area (Å²) in [5.74, 6) is -0.869. The summed E-state index contributed by atoms with van der Waals surface area (Å²) >= 11 is 6.43. The first-order valence-electron chi connectivity index (χ1n) is 6.60. The molecule has 0 atom stereocenters. The van der Waals surface area contributed by atoms with Crippen LogP contribution in [0.15, 0.2) is 50.4 Å². The maximum atomic E-state index is 11.8. The normalized spacial score (nSPS) is 10.8. The van der Waals surface area contributed by atoms with Crippen molar-refractivity contribution in [3.05, 3.63) is 66.6 Å². The number of nitro benzene ring substituents is 1. The number of hydrogen-bond acceptors (Lipinski definition) is 5. The highest BCUT2D eigenvalue weighted by atomic mass is 79.9. The second-order valence-corrected chi connectivity index (χ2v) is 6.55. The molecule has 0 aliphatic carbocycles. The van der Waals surface area contributed by atoms with E-state index in [1.54, 1.807) is 12.1 Å². The minimum absolute atomic E-state index is 0.111. The van der Waals surface area contributed by atoms with Crippen LogP contribution in [0.3, 0.4) is 0 Å². The summed E-state index contributed by atoms with van der Waals surface area (Å²) in [5, 5.41) is 24.4. The van der Waals surface area contributed by atoms with Gasteiger partial charge in [-0.05, 0) is 23.8 Å². The van der Waals surface area contributed by atoms with E-state index < -0.39 is 16.4 Å². The molecule has 7 nitrogen and oxygen atoms in total. The number of carbonyl (C=O) groups excluding carboxylic acids is 1. The van der Waals surface area contributed by atoms with E-state index in [2.05, 4.69) is 42.4 Å². The fourth-order valence-electron chi connectivity index (χ4n) is 1.84. The largest absolute Gasteiger partial charge is 0.502 e. The lowest BCUT2D eigenvalue weighted by molar-refractivity contribution is -0.385. The van der Waals surface area contributed by atoms with Gasteiger partial charge in [0.2, 0.25) is 11.7 Å². The van der Waals surface area contributed by atoms with Crippen LogP contribution in [0.4, 0.5) is 5.69 Å². The molecule has 0 spiro atoms. The Hall–Kier alpha value is -2.26. The van der Waals surface area contributed by atoms with E-state index in [1.807, 2.05) is 12.1 Å². The number of halogens is 2. The van der Waals surface area contributed by atoms with Crippen LogP contribution in [0.25, 0.3) is 0 Å². The van der Waals surface area contributed by atoms with Gasteiger partial charge in [0.05, 0.1) is 17.6 Å². The number of nitro groups is 1. The Bertz CT molecular complexity index is 807. The first-order chi connectivity index (χ1) is 11.4. The molecule has 0 fully saturated rings. The van der Waals surface area contributed by atoms with Gasteiger partial charge in [0.25, 0.3) is 0 Å². The number of amides is 1. The average molecular weight is 457 g/mol. The molecular weight excluding hydrogens is 446 g/mol. The maximum absolute atomic E-state index is 11.8. The molecule has 1 amide bonds. The van der Waals surface area contributed by atoms with E-state index in [4.69, 9.17) is 0 Å².